The lowest BCUT2D eigenvalue weighted by atomic mass is 9.79. The molecule has 1 aromatic carbocycles. The fourth-order valence-electron chi connectivity index (χ4n) is 5.25. The molecule has 0 bridgehead atoms. The van der Waals surface area contributed by atoms with Gasteiger partial charge in [-0.05, 0) is 18.4 Å². The highest BCUT2D eigenvalue weighted by molar-refractivity contribution is 5.89. The lowest BCUT2D eigenvalue weighted by Crippen LogP contribution is -2.50. The molecule has 3 saturated heterocycles. The van der Waals surface area contributed by atoms with Gasteiger partial charge in [-0.15, -0.1) is 0 Å². The number of hydrogen-bond donors (Lipinski definition) is 0. The van der Waals surface area contributed by atoms with Crippen molar-refractivity contribution < 1.29 is 19.1 Å². The average molecular weight is 428 g/mol. The summed E-state index contributed by atoms with van der Waals surface area (Å²) in [5, 5.41) is 0. The molecular weight excluding hydrogens is 394 g/mol. The van der Waals surface area contributed by atoms with E-state index in [4.69, 9.17) is 4.74 Å². The Bertz CT molecular complexity index is 821. The third-order valence-corrected chi connectivity index (χ3v) is 6.92. The number of carbonyl (C=O) groups is 3. The van der Waals surface area contributed by atoms with Crippen LogP contribution >= 0.6 is 0 Å². The predicted molar refractivity (Wildman–Crippen MR) is 116 cm³/mol. The predicted octanol–water partition coefficient (Wildman–Crippen LogP) is 1.77. The van der Waals surface area contributed by atoms with Crippen LogP contribution in [0.15, 0.2) is 30.3 Å². The van der Waals surface area contributed by atoms with Gasteiger partial charge in [0, 0.05) is 51.1 Å². The molecule has 0 radical (unpaired) electrons. The number of likely N-dealkylation sites (tertiary alicyclic amines) is 3. The molecule has 7 nitrogen and oxygen atoms in total. The molecule has 7 heteroatoms. The second-order valence-electron chi connectivity index (χ2n) is 9.48. The van der Waals surface area contributed by atoms with Crippen LogP contribution in [-0.4, -0.2) is 78.3 Å². The summed E-state index contributed by atoms with van der Waals surface area (Å²) in [6, 6.07) is 9.77. The number of carbonyl (C=O) groups excluding carboxylic acids is 3. The van der Waals surface area contributed by atoms with Gasteiger partial charge in [0.2, 0.25) is 17.7 Å². The van der Waals surface area contributed by atoms with Gasteiger partial charge in [0.15, 0.2) is 0 Å². The van der Waals surface area contributed by atoms with Crippen LogP contribution in [0.2, 0.25) is 0 Å². The second-order valence-corrected chi connectivity index (χ2v) is 9.48. The minimum atomic E-state index is -0.677. The molecule has 0 aliphatic carbocycles. The van der Waals surface area contributed by atoms with Gasteiger partial charge in [0.05, 0.1) is 12.0 Å². The van der Waals surface area contributed by atoms with Crippen LogP contribution in [0.4, 0.5) is 0 Å². The molecule has 3 fully saturated rings. The van der Waals surface area contributed by atoms with Crippen molar-refractivity contribution in [1.82, 2.24) is 14.7 Å². The number of benzene rings is 1. The van der Waals surface area contributed by atoms with E-state index in [0.717, 1.165) is 31.5 Å². The first kappa shape index (κ1) is 21.8. The lowest BCUT2D eigenvalue weighted by molar-refractivity contribution is -0.143. The quantitative estimate of drug-likeness (QED) is 0.694. The molecule has 0 aromatic heterocycles. The Labute approximate surface area is 184 Å². The molecule has 0 N–H and O–H groups in total. The number of rotatable bonds is 6. The van der Waals surface area contributed by atoms with E-state index < -0.39 is 5.41 Å². The molecular formula is C24H33N3O4. The van der Waals surface area contributed by atoms with Crippen molar-refractivity contribution >= 4 is 17.7 Å². The van der Waals surface area contributed by atoms with E-state index >= 15 is 0 Å². The monoisotopic (exact) mass is 427 g/mol. The van der Waals surface area contributed by atoms with Crippen LogP contribution in [0.25, 0.3) is 0 Å². The van der Waals surface area contributed by atoms with Gasteiger partial charge in [-0.2, -0.15) is 0 Å². The lowest BCUT2D eigenvalue weighted by Gasteiger charge is -2.32. The molecule has 3 aliphatic rings. The summed E-state index contributed by atoms with van der Waals surface area (Å²) in [6.07, 6.45) is 2.05. The van der Waals surface area contributed by atoms with Crippen LogP contribution in [0, 0.1) is 17.3 Å². The van der Waals surface area contributed by atoms with Crippen molar-refractivity contribution in [2.75, 3.05) is 45.9 Å². The highest BCUT2D eigenvalue weighted by atomic mass is 16.5. The van der Waals surface area contributed by atoms with E-state index in [-0.39, 0.29) is 36.2 Å². The maximum atomic E-state index is 13.6. The molecule has 2 atom stereocenters. The zero-order chi connectivity index (χ0) is 22.0. The summed E-state index contributed by atoms with van der Waals surface area (Å²) in [5.41, 5.74) is 0.348. The van der Waals surface area contributed by atoms with Crippen LogP contribution < -0.4 is 0 Å². The van der Waals surface area contributed by atoms with Crippen molar-refractivity contribution in [1.29, 1.82) is 0 Å². The highest BCUT2D eigenvalue weighted by Crippen LogP contribution is 2.45. The van der Waals surface area contributed by atoms with Crippen molar-refractivity contribution in [2.45, 2.75) is 33.3 Å². The van der Waals surface area contributed by atoms with Crippen LogP contribution in [0.5, 0.6) is 0 Å². The van der Waals surface area contributed by atoms with Crippen molar-refractivity contribution in [3.8, 4) is 0 Å². The summed E-state index contributed by atoms with van der Waals surface area (Å²) < 4.78 is 5.65. The van der Waals surface area contributed by atoms with Gasteiger partial charge >= 0.3 is 0 Å². The Kier molecular flexibility index (Phi) is 6.32. The maximum Gasteiger partial charge on any atom is 0.248 e. The first-order valence-electron chi connectivity index (χ1n) is 11.4. The van der Waals surface area contributed by atoms with Crippen molar-refractivity contribution in [3.05, 3.63) is 35.9 Å². The zero-order valence-corrected chi connectivity index (χ0v) is 18.6. The van der Waals surface area contributed by atoms with Gasteiger partial charge in [0.1, 0.15) is 6.61 Å². The van der Waals surface area contributed by atoms with E-state index in [2.05, 4.69) is 0 Å². The van der Waals surface area contributed by atoms with Crippen molar-refractivity contribution in [2.24, 2.45) is 17.3 Å². The maximum absolute atomic E-state index is 13.6. The Morgan fingerprint density at radius 3 is 2.32 bits per heavy atom. The summed E-state index contributed by atoms with van der Waals surface area (Å²) >= 11 is 0. The largest absolute Gasteiger partial charge is 0.367 e. The van der Waals surface area contributed by atoms with Gasteiger partial charge in [-0.25, -0.2) is 0 Å². The topological polar surface area (TPSA) is 70.2 Å². The van der Waals surface area contributed by atoms with Gasteiger partial charge in [0.25, 0.3) is 0 Å². The normalized spacial score (nSPS) is 25.4. The smallest absolute Gasteiger partial charge is 0.248 e. The SMILES string of the molecule is CC(C)C(=O)N1C[C@H]2CN(C(=O)COCc3ccccc3)C[C@@]2(C(=O)N2CCCC2)C1. The van der Waals surface area contributed by atoms with Crippen molar-refractivity contribution in [3.63, 3.8) is 0 Å². The van der Waals surface area contributed by atoms with Crippen LogP contribution in [0.3, 0.4) is 0 Å². The molecule has 4 rings (SSSR count). The Morgan fingerprint density at radius 1 is 1.00 bits per heavy atom. The molecule has 3 heterocycles. The second kappa shape index (κ2) is 8.99. The fourth-order valence-corrected chi connectivity index (χ4v) is 5.25. The fraction of sp³-hybridized carbons (Fsp3) is 0.625. The average Bonchev–Trinajstić information content (AvgIpc) is 3.48. The third-order valence-electron chi connectivity index (χ3n) is 6.92. The number of nitrogens with zero attached hydrogens (tertiary/aromatic N) is 3. The molecule has 1 aromatic rings. The number of ether oxygens (including phenoxy) is 1. The minimum Gasteiger partial charge on any atom is -0.367 e. The molecule has 0 spiro atoms. The Morgan fingerprint density at radius 2 is 1.65 bits per heavy atom. The molecule has 3 amide bonds. The first-order chi connectivity index (χ1) is 14.9. The number of fused-ring (bicyclic) bond motifs is 1. The molecule has 168 valence electrons. The highest BCUT2D eigenvalue weighted by Gasteiger charge is 2.60. The molecule has 31 heavy (non-hydrogen) atoms. The van der Waals surface area contributed by atoms with Gasteiger partial charge < -0.3 is 19.4 Å². The van der Waals surface area contributed by atoms with E-state index in [1.807, 2.05) is 54.0 Å². The van der Waals surface area contributed by atoms with Crippen LogP contribution in [0.1, 0.15) is 32.3 Å². The number of hydrogen-bond acceptors (Lipinski definition) is 4. The first-order valence-corrected chi connectivity index (χ1v) is 11.4. The van der Waals surface area contributed by atoms with Crippen LogP contribution in [-0.2, 0) is 25.7 Å². The van der Waals surface area contributed by atoms with Gasteiger partial charge in [-0.1, -0.05) is 44.2 Å². The minimum absolute atomic E-state index is 0.00420. The van der Waals surface area contributed by atoms with E-state index in [1.165, 1.54) is 0 Å². The Balaban J connectivity index is 1.43. The zero-order valence-electron chi connectivity index (χ0n) is 18.6. The molecule has 3 aliphatic heterocycles. The number of amides is 3. The summed E-state index contributed by atoms with van der Waals surface area (Å²) in [4.78, 5) is 44.7. The molecule has 0 saturated carbocycles. The standard InChI is InChI=1S/C24H33N3O4/c1-18(2)22(29)27-13-20-12-26(21(28)15-31-14-19-8-4-3-5-9-19)16-24(20,17-27)23(30)25-10-6-7-11-25/h3-5,8-9,18,20H,6-7,10-17H2,1-2H3/t20-,24-/m1/s1. The molecule has 0 unspecified atom stereocenters. The Hall–Kier alpha value is -2.41. The van der Waals surface area contributed by atoms with E-state index in [1.54, 1.807) is 4.90 Å². The van der Waals surface area contributed by atoms with E-state index in [9.17, 15) is 14.4 Å². The van der Waals surface area contributed by atoms with E-state index in [0.29, 0.717) is 32.8 Å². The summed E-state index contributed by atoms with van der Waals surface area (Å²) in [6.45, 7) is 7.58. The third kappa shape index (κ3) is 4.33. The summed E-state index contributed by atoms with van der Waals surface area (Å²) in [5.74, 6) is 0.0190. The van der Waals surface area contributed by atoms with Gasteiger partial charge in [-0.3, -0.25) is 14.4 Å². The summed E-state index contributed by atoms with van der Waals surface area (Å²) in [7, 11) is 0.